The molecule has 5 rings (SSSR count). The number of rotatable bonds is 4. The third kappa shape index (κ3) is 4.43. The maximum atomic E-state index is 12.4. The Morgan fingerprint density at radius 3 is 1.78 bits per heavy atom. The number of hydrogen-bond acceptors (Lipinski definition) is 6. The van der Waals surface area contributed by atoms with Crippen LogP contribution in [0.1, 0.15) is 53.8 Å². The van der Waals surface area contributed by atoms with E-state index in [0.717, 1.165) is 6.08 Å². The average molecular weight is 589 g/mol. The Bertz CT molecular complexity index is 1760. The van der Waals surface area contributed by atoms with Gasteiger partial charge < -0.3 is 30.4 Å². The monoisotopic (exact) mass is 589 g/mol. The molecule has 0 spiro atoms. The summed E-state index contributed by atoms with van der Waals surface area (Å²) in [5.41, 5.74) is -2.19. The van der Waals surface area contributed by atoms with Crippen molar-refractivity contribution in [3.05, 3.63) is 69.8 Å². The van der Waals surface area contributed by atoms with Gasteiger partial charge >= 0.3 is 23.9 Å². The molecule has 0 saturated carbocycles. The zero-order chi connectivity index (χ0) is 25.7. The van der Waals surface area contributed by atoms with Gasteiger partial charge in [-0.2, -0.15) is 0 Å². The van der Waals surface area contributed by atoms with E-state index in [4.69, 9.17) is 0 Å². The van der Waals surface area contributed by atoms with Gasteiger partial charge in [0.1, 0.15) is 11.1 Å². The fraction of sp³-hybridized carbons (Fsp3) is 0. The second kappa shape index (κ2) is 9.28. The number of aromatic amines is 2. The van der Waals surface area contributed by atoms with Crippen LogP contribution in [0.15, 0.2) is 30.3 Å². The van der Waals surface area contributed by atoms with Gasteiger partial charge in [0.25, 0.3) is 0 Å². The van der Waals surface area contributed by atoms with Gasteiger partial charge in [-0.3, -0.25) is 0 Å². The van der Waals surface area contributed by atoms with Gasteiger partial charge in [0.15, 0.2) is 0 Å². The number of nitrogens with one attached hydrogen (secondary N) is 2. The molecule has 12 nitrogen and oxygen atoms in total. The van der Waals surface area contributed by atoms with E-state index in [9.17, 15) is 39.6 Å². The molecule has 2 aliphatic rings. The summed E-state index contributed by atoms with van der Waals surface area (Å²) in [6.45, 7) is 0. The van der Waals surface area contributed by atoms with Crippen LogP contribution in [-0.2, 0) is 24.3 Å². The average Bonchev–Trinajstić information content (AvgIpc) is 3.56. The van der Waals surface area contributed by atoms with E-state index in [2.05, 4.69) is 19.9 Å². The molecule has 1 radical (unpaired) electrons. The van der Waals surface area contributed by atoms with Gasteiger partial charge in [-0.05, 0) is 48.6 Å². The fourth-order valence-corrected chi connectivity index (χ4v) is 4.06. The minimum atomic E-state index is -1.73. The number of carbonyl (C=O) groups is 4. The minimum Gasteiger partial charge on any atom is -0.478 e. The quantitative estimate of drug-likeness (QED) is 0.192. The molecule has 0 unspecified atom stereocenters. The number of carboxylic acid groups (broad SMARTS) is 4. The van der Waals surface area contributed by atoms with Crippen molar-refractivity contribution in [1.82, 2.24) is 19.9 Å². The second-order valence-electron chi connectivity index (χ2n) is 7.80. The molecule has 37 heavy (non-hydrogen) atoms. The van der Waals surface area contributed by atoms with Gasteiger partial charge in [-0.15, -0.1) is 0 Å². The molecule has 0 atom stereocenters. The number of aromatic carboxylic acids is 3. The van der Waals surface area contributed by atoms with Crippen LogP contribution in [0.2, 0.25) is 0 Å². The summed E-state index contributed by atoms with van der Waals surface area (Å²) in [5.74, 6) is -6.57. The maximum absolute atomic E-state index is 12.4. The molecule has 0 amide bonds. The van der Waals surface area contributed by atoms with E-state index in [1.807, 2.05) is 0 Å². The number of nitrogens with zero attached hydrogens (tertiary/aromatic N) is 2. The molecule has 8 bridgehead atoms. The molecule has 0 aromatic carbocycles. The minimum absolute atomic E-state index is 0. The van der Waals surface area contributed by atoms with E-state index in [-0.39, 0.29) is 36.4 Å². The molecular formula is C24H14N4O8Rh. The van der Waals surface area contributed by atoms with E-state index < -0.39 is 57.4 Å². The van der Waals surface area contributed by atoms with Crippen LogP contribution in [-0.4, -0.2) is 64.2 Å². The second-order valence-corrected chi connectivity index (χ2v) is 7.80. The first-order chi connectivity index (χ1) is 17.1. The molecule has 3 aromatic heterocycles. The Labute approximate surface area is 218 Å². The summed E-state index contributed by atoms with van der Waals surface area (Å²) in [6.07, 6.45) is 4.37. The normalized spacial score (nSPS) is 11.9. The first-order valence-electron chi connectivity index (χ1n) is 10.2. The van der Waals surface area contributed by atoms with Gasteiger partial charge in [-0.25, -0.2) is 29.1 Å². The molecule has 13 heteroatoms. The zero-order valence-electron chi connectivity index (χ0n) is 18.3. The van der Waals surface area contributed by atoms with Crippen molar-refractivity contribution in [2.45, 2.75) is 0 Å². The Balaban J connectivity index is 0.00000320. The topological polar surface area (TPSA) is 207 Å². The maximum Gasteiger partial charge on any atom is 0.340 e. The summed E-state index contributed by atoms with van der Waals surface area (Å²) in [7, 11) is 0. The molecule has 0 fully saturated rings. The van der Waals surface area contributed by atoms with Crippen LogP contribution in [0.3, 0.4) is 0 Å². The Morgan fingerprint density at radius 1 is 0.649 bits per heavy atom. The van der Waals surface area contributed by atoms with E-state index in [0.29, 0.717) is 16.7 Å². The number of aliphatic carboxylic acids is 1. The fourth-order valence-electron chi connectivity index (χ4n) is 4.06. The third-order valence-corrected chi connectivity index (χ3v) is 5.49. The molecule has 2 aliphatic heterocycles. The van der Waals surface area contributed by atoms with E-state index in [1.54, 1.807) is 30.4 Å². The van der Waals surface area contributed by atoms with Crippen molar-refractivity contribution in [2.24, 2.45) is 0 Å². The predicted molar refractivity (Wildman–Crippen MR) is 126 cm³/mol. The van der Waals surface area contributed by atoms with Crippen molar-refractivity contribution in [1.29, 1.82) is 0 Å². The number of H-pyrrole nitrogens is 2. The number of carboxylic acids is 4. The first-order valence-corrected chi connectivity index (χ1v) is 10.2. The van der Waals surface area contributed by atoms with Crippen LogP contribution in [0.5, 0.6) is 0 Å². The number of fused-ring (bicyclic) bond motifs is 8. The molecule has 3 aromatic rings. The van der Waals surface area contributed by atoms with E-state index >= 15 is 0 Å². The van der Waals surface area contributed by atoms with Crippen LogP contribution in [0, 0.1) is 0 Å². The summed E-state index contributed by atoms with van der Waals surface area (Å²) in [5, 5.41) is 39.4. The third-order valence-electron chi connectivity index (χ3n) is 5.49. The first kappa shape index (κ1) is 25.2. The van der Waals surface area contributed by atoms with Crippen LogP contribution >= 0.6 is 0 Å². The summed E-state index contributed by atoms with van der Waals surface area (Å²) >= 11 is 0. The summed E-state index contributed by atoms with van der Waals surface area (Å²) < 4.78 is 0. The van der Waals surface area contributed by atoms with E-state index in [1.165, 1.54) is 12.1 Å². The van der Waals surface area contributed by atoms with Gasteiger partial charge in [0, 0.05) is 30.5 Å². The Morgan fingerprint density at radius 2 is 1.22 bits per heavy atom. The molecule has 6 N–H and O–H groups in total. The van der Waals surface area contributed by atoms with Crippen molar-refractivity contribution in [2.75, 3.05) is 0 Å². The number of hydrogen-bond donors (Lipinski definition) is 6. The van der Waals surface area contributed by atoms with Gasteiger partial charge in [0.05, 0.1) is 44.9 Å². The predicted octanol–water partition coefficient (Wildman–Crippen LogP) is 3.20. The summed E-state index contributed by atoms with van der Waals surface area (Å²) in [4.78, 5) is 62.7. The molecular weight excluding hydrogens is 575 g/mol. The molecule has 0 aliphatic carbocycles. The van der Waals surface area contributed by atoms with Gasteiger partial charge in [0.2, 0.25) is 0 Å². The van der Waals surface area contributed by atoms with Crippen molar-refractivity contribution in [3.8, 4) is 0 Å². The van der Waals surface area contributed by atoms with Crippen LogP contribution < -0.4 is 0 Å². The SMILES string of the molecule is O=C(O)C1=Cc2cc3ccc(cc4nc(cc5[nH]c(c(C(=O)O)c1n2)c(C(=O)O)c5C(=O)O)C=C4)[nH]3.[Rh]. The van der Waals surface area contributed by atoms with Gasteiger partial charge in [-0.1, -0.05) is 0 Å². The smallest absolute Gasteiger partial charge is 0.340 e. The largest absolute Gasteiger partial charge is 0.478 e. The van der Waals surface area contributed by atoms with Crippen LogP contribution in [0.4, 0.5) is 0 Å². The Hall–Kier alpha value is -4.90. The van der Waals surface area contributed by atoms with Crippen molar-refractivity contribution >= 4 is 69.7 Å². The van der Waals surface area contributed by atoms with Crippen molar-refractivity contribution in [3.63, 3.8) is 0 Å². The standard InChI is InChI=1S/C24H14N4O8.Rh/c29-21(30)14-7-13-6-11-2-1-9(25-11)5-10-3-4-12(26-10)8-15-16(22(31)32)17(23(33)34)20(28-15)18(24(35)36)19(14)27-13;/h1-8,25,28H,(H,29,30)(H,31,32)(H,33,34)(H,35,36);. The zero-order valence-corrected chi connectivity index (χ0v) is 19.9. The Kier molecular flexibility index (Phi) is 6.32. The number of aromatic nitrogens is 4. The van der Waals surface area contributed by atoms with Crippen LogP contribution in [0.25, 0.3) is 45.9 Å². The van der Waals surface area contributed by atoms with Crippen molar-refractivity contribution < 1.29 is 59.1 Å². The summed E-state index contributed by atoms with van der Waals surface area (Å²) in [6, 6.07) is 7.91. The molecule has 0 saturated heterocycles. The molecule has 187 valence electrons. The molecule has 5 heterocycles.